The molecule has 0 amide bonds. The number of aliphatic hydroxyl groups excluding tert-OH is 1. The van der Waals surface area contributed by atoms with E-state index in [9.17, 15) is 9.90 Å². The molecule has 10 heteroatoms. The molecular weight excluding hydrogens is 717 g/mol. The molecule has 2 saturated heterocycles. The van der Waals surface area contributed by atoms with Gasteiger partial charge >= 0.3 is 5.97 Å². The minimum Gasteiger partial charge on any atom is -0.463 e. The lowest BCUT2D eigenvalue weighted by atomic mass is 9.56. The van der Waals surface area contributed by atoms with Crippen LogP contribution in [-0.4, -0.2) is 86.1 Å². The number of hydrogen-bond acceptors (Lipinski definition) is 10. The molecule has 2 heterocycles. The zero-order chi connectivity index (χ0) is 40.4. The Kier molecular flexibility index (Phi) is 13.7. The number of esters is 1. The number of ketones is 2. The average molecular weight is 791 g/mol. The summed E-state index contributed by atoms with van der Waals surface area (Å²) in [7, 11) is 1.96. The van der Waals surface area contributed by atoms with E-state index in [1.54, 1.807) is 0 Å². The van der Waals surface area contributed by atoms with Gasteiger partial charge in [0, 0.05) is 36.9 Å². The molecule has 5 fully saturated rings. The summed E-state index contributed by atoms with van der Waals surface area (Å²) in [6.07, 6.45) is 22.2. The van der Waals surface area contributed by atoms with Crippen molar-refractivity contribution in [1.29, 1.82) is 0 Å². The van der Waals surface area contributed by atoms with E-state index in [-0.39, 0.29) is 60.7 Å². The van der Waals surface area contributed by atoms with Gasteiger partial charge in [-0.15, -0.1) is 0 Å². The van der Waals surface area contributed by atoms with Crippen molar-refractivity contribution >= 4 is 17.5 Å². The zero-order valence-corrected chi connectivity index (χ0v) is 35.8. The predicted octanol–water partition coefficient (Wildman–Crippen LogP) is 6.29. The summed E-state index contributed by atoms with van der Waals surface area (Å²) in [6.45, 7) is 11.0. The molecule has 7 rings (SSSR count). The van der Waals surface area contributed by atoms with Crippen molar-refractivity contribution in [2.24, 2.45) is 46.8 Å². The van der Waals surface area contributed by atoms with Gasteiger partial charge in [-0.05, 0) is 138 Å². The molecule has 5 aliphatic carbocycles. The normalized spacial score (nSPS) is 37.8. The van der Waals surface area contributed by atoms with Gasteiger partial charge in [0.1, 0.15) is 0 Å². The fraction of sp³-hybridized carbons (Fsp3) is 0.809. The Morgan fingerprint density at radius 3 is 2.56 bits per heavy atom. The highest BCUT2D eigenvalue weighted by Gasteiger charge is 2.87. The molecule has 3 saturated carbocycles. The molecule has 0 aromatic carbocycles. The second kappa shape index (κ2) is 18.2. The number of carbonyl (C=O) groups is 3. The summed E-state index contributed by atoms with van der Waals surface area (Å²) >= 11 is 0. The maximum atomic E-state index is 15.1. The van der Waals surface area contributed by atoms with Gasteiger partial charge < -0.3 is 30.5 Å². The third-order valence-corrected chi connectivity index (χ3v) is 15.6. The summed E-state index contributed by atoms with van der Waals surface area (Å²) in [4.78, 5) is 45.0. The quantitative estimate of drug-likeness (QED) is 0.0399. The maximum absolute atomic E-state index is 15.1. The number of piperidine rings is 1. The van der Waals surface area contributed by atoms with Gasteiger partial charge in [-0.1, -0.05) is 70.3 Å². The number of likely N-dealkylation sites (N-methyl/N-ethyl adjacent to an activating group) is 1. The number of Topliss-reactive ketones (excluding diaryl/α,β-unsaturated/α-hetero) is 2. The van der Waals surface area contributed by atoms with E-state index in [2.05, 4.69) is 67.2 Å². The van der Waals surface area contributed by atoms with E-state index in [0.29, 0.717) is 24.2 Å². The lowest BCUT2D eigenvalue weighted by Gasteiger charge is -2.48. The smallest absolute Gasteiger partial charge is 0.350 e. The molecule has 2 aliphatic heterocycles. The highest BCUT2D eigenvalue weighted by atomic mass is 16.7. The molecule has 0 spiro atoms. The highest BCUT2D eigenvalue weighted by molar-refractivity contribution is 6.23. The molecule has 10 atom stereocenters. The first kappa shape index (κ1) is 42.9. The van der Waals surface area contributed by atoms with Crippen molar-refractivity contribution in [3.8, 4) is 0 Å². The Bertz CT molecular complexity index is 1570. The average Bonchev–Trinajstić information content (AvgIpc) is 3.92. The first-order valence-corrected chi connectivity index (χ1v) is 23.0. The number of epoxide rings is 1. The largest absolute Gasteiger partial charge is 0.463 e. The Morgan fingerprint density at radius 2 is 1.82 bits per heavy atom. The Morgan fingerprint density at radius 1 is 1.02 bits per heavy atom. The van der Waals surface area contributed by atoms with Crippen molar-refractivity contribution in [3.63, 3.8) is 0 Å². The highest BCUT2D eigenvalue weighted by Crippen LogP contribution is 2.63. The number of aliphatic hydroxyl groups is 1. The second-order valence-electron chi connectivity index (χ2n) is 19.6. The van der Waals surface area contributed by atoms with Crippen molar-refractivity contribution in [2.45, 2.75) is 154 Å². The van der Waals surface area contributed by atoms with Crippen LogP contribution < -0.4 is 21.3 Å². The Balaban J connectivity index is 1.18. The van der Waals surface area contributed by atoms with E-state index in [0.717, 1.165) is 102 Å². The second-order valence-corrected chi connectivity index (χ2v) is 19.6. The minimum atomic E-state index is -1.96. The van der Waals surface area contributed by atoms with E-state index >= 15 is 9.59 Å². The topological polar surface area (TPSA) is 141 Å². The fourth-order valence-electron chi connectivity index (χ4n) is 12.8. The molecule has 5 N–H and O–H groups in total. The van der Waals surface area contributed by atoms with Gasteiger partial charge in [-0.2, -0.15) is 0 Å². The molecule has 318 valence electrons. The monoisotopic (exact) mass is 791 g/mol. The minimum absolute atomic E-state index is 0.0311. The van der Waals surface area contributed by atoms with Crippen LogP contribution in [0.1, 0.15) is 130 Å². The molecule has 57 heavy (non-hydrogen) atoms. The van der Waals surface area contributed by atoms with Gasteiger partial charge in [0.15, 0.2) is 17.2 Å². The summed E-state index contributed by atoms with van der Waals surface area (Å²) in [5.41, 5.74) is -0.326. The van der Waals surface area contributed by atoms with E-state index in [1.165, 1.54) is 24.8 Å². The van der Waals surface area contributed by atoms with Crippen molar-refractivity contribution in [3.05, 3.63) is 34.9 Å². The number of carbonyl (C=O) groups excluding carboxylic acids is 3. The molecule has 0 aromatic heterocycles. The van der Waals surface area contributed by atoms with Gasteiger partial charge in [0.25, 0.3) is 5.60 Å². The summed E-state index contributed by atoms with van der Waals surface area (Å²) in [6, 6.07) is 0.0500. The van der Waals surface area contributed by atoms with Gasteiger partial charge in [0.2, 0.25) is 0 Å². The standard InChI is InChI=1S/C47H74N4O6/c1-6-49-39-23-33-14-9-8-13-32(33)22-35(39)28-56-44(55)47-43(54)41-34(21-30(2)3)15-12-16-38(41)42(53)46(47,57-47)26-36(27-52)31(4)25-45(18-10-7-11-19-45)37-17-20-50-40(24-37)51-29-48-5/h9,14,23,30,32,34-35,37-41,48-52H,6-8,10-13,15-22,24-29H2,1-5H3. The molecule has 0 bridgehead atoms. The van der Waals surface area contributed by atoms with Gasteiger partial charge in [-0.3, -0.25) is 14.9 Å². The van der Waals surface area contributed by atoms with Crippen molar-refractivity contribution < 1.29 is 29.0 Å². The number of ether oxygens (including phenoxy) is 2. The van der Waals surface area contributed by atoms with Gasteiger partial charge in [0.05, 0.1) is 19.4 Å². The molecular formula is C47H74N4O6. The third kappa shape index (κ3) is 8.31. The Hall–Kier alpha value is -2.21. The van der Waals surface area contributed by atoms with Crippen LogP contribution in [0.3, 0.4) is 0 Å². The van der Waals surface area contributed by atoms with Gasteiger partial charge in [-0.25, -0.2) is 4.79 Å². The number of hydrogen-bond donors (Lipinski definition) is 5. The van der Waals surface area contributed by atoms with Crippen LogP contribution in [0.2, 0.25) is 0 Å². The van der Waals surface area contributed by atoms with E-state index < -0.39 is 29.0 Å². The first-order chi connectivity index (χ1) is 27.5. The lowest BCUT2D eigenvalue weighted by Crippen LogP contribution is -2.60. The summed E-state index contributed by atoms with van der Waals surface area (Å²) in [5, 5.41) is 25.2. The summed E-state index contributed by atoms with van der Waals surface area (Å²) < 4.78 is 12.8. The van der Waals surface area contributed by atoms with Crippen molar-refractivity contribution in [1.82, 2.24) is 21.3 Å². The number of nitrogens with one attached hydrogen (secondary N) is 4. The lowest BCUT2D eigenvalue weighted by molar-refractivity contribution is -0.161. The van der Waals surface area contributed by atoms with Crippen LogP contribution in [0, 0.1) is 46.8 Å². The molecule has 10 unspecified atom stereocenters. The summed E-state index contributed by atoms with van der Waals surface area (Å²) in [5.74, 6) is -0.693. The van der Waals surface area contributed by atoms with Crippen LogP contribution in [-0.2, 0) is 23.9 Å². The fourth-order valence-corrected chi connectivity index (χ4v) is 12.8. The van der Waals surface area contributed by atoms with Crippen molar-refractivity contribution in [2.75, 3.05) is 40.0 Å². The zero-order valence-electron chi connectivity index (χ0n) is 35.8. The van der Waals surface area contributed by atoms with Crippen LogP contribution >= 0.6 is 0 Å². The molecule has 0 aromatic rings. The number of allylic oxidation sites excluding steroid dienone is 4. The van der Waals surface area contributed by atoms with Crippen LogP contribution in [0.15, 0.2) is 34.9 Å². The Labute approximate surface area is 342 Å². The molecule has 0 radical (unpaired) electrons. The molecule has 7 aliphatic rings. The number of fused-ring (bicyclic) bond motifs is 3. The SMILES string of the molecule is CCNC1C=C2C=CCCC2CC1COC(=O)C12OC1(CC(CO)=C(C)CC1(C3CCNC(NCNC)C3)CCCCC1)C(=O)C1CCCC(CC(C)C)C1C2=O. The van der Waals surface area contributed by atoms with Crippen LogP contribution in [0.4, 0.5) is 0 Å². The third-order valence-electron chi connectivity index (χ3n) is 15.6. The predicted molar refractivity (Wildman–Crippen MR) is 223 cm³/mol. The van der Waals surface area contributed by atoms with Crippen LogP contribution in [0.25, 0.3) is 0 Å². The van der Waals surface area contributed by atoms with Crippen LogP contribution in [0.5, 0.6) is 0 Å². The number of rotatable bonds is 16. The first-order valence-electron chi connectivity index (χ1n) is 23.0. The van der Waals surface area contributed by atoms with E-state index in [1.807, 2.05) is 7.05 Å². The maximum Gasteiger partial charge on any atom is 0.350 e. The van der Waals surface area contributed by atoms with E-state index in [4.69, 9.17) is 9.47 Å². The molecule has 10 nitrogen and oxygen atoms in total.